The van der Waals surface area contributed by atoms with Crippen molar-refractivity contribution in [2.45, 2.75) is 33.6 Å². The fourth-order valence-corrected chi connectivity index (χ4v) is 1.26. The fraction of sp³-hybridized carbons (Fsp3) is 0.692. The molecule has 0 aliphatic carbocycles. The first kappa shape index (κ1) is 14.5. The Morgan fingerprint density at radius 3 is 2.78 bits per heavy atom. The van der Waals surface area contributed by atoms with Crippen molar-refractivity contribution in [3.05, 3.63) is 11.8 Å². The minimum absolute atomic E-state index is 0.189. The number of hydrogen-bond acceptors (Lipinski definition) is 5. The molecule has 0 saturated heterocycles. The molecule has 0 aromatic rings. The van der Waals surface area contributed by atoms with Crippen LogP contribution in [0.25, 0.3) is 0 Å². The summed E-state index contributed by atoms with van der Waals surface area (Å²) in [4.78, 5) is 22.6. The van der Waals surface area contributed by atoms with Crippen LogP contribution in [0, 0.1) is 5.41 Å². The van der Waals surface area contributed by atoms with Crippen LogP contribution in [0.5, 0.6) is 0 Å². The van der Waals surface area contributed by atoms with Gasteiger partial charge in [0.15, 0.2) is 0 Å². The Kier molecular flexibility index (Phi) is 5.19. The van der Waals surface area contributed by atoms with E-state index in [0.717, 1.165) is 6.42 Å². The molecule has 1 aliphatic heterocycles. The number of esters is 2. The highest BCUT2D eigenvalue weighted by Crippen LogP contribution is 2.21. The van der Waals surface area contributed by atoms with Crippen molar-refractivity contribution in [1.29, 1.82) is 0 Å². The Balaban J connectivity index is 2.23. The van der Waals surface area contributed by atoms with Gasteiger partial charge in [-0.15, -0.1) is 0 Å². The second kappa shape index (κ2) is 6.42. The summed E-state index contributed by atoms with van der Waals surface area (Å²) in [5.41, 5.74) is -0.464. The maximum atomic E-state index is 11.6. The standard InChI is InChI=1S/C13H20O5/c1-4-13(2,3)12(15)18-8-7-16-10-5-6-17-11(14)9-10/h9H,4-8H2,1-3H3. The smallest absolute Gasteiger partial charge is 0.334 e. The van der Waals surface area contributed by atoms with Crippen molar-refractivity contribution in [3.8, 4) is 0 Å². The van der Waals surface area contributed by atoms with Crippen LogP contribution in [0.15, 0.2) is 11.8 Å². The highest BCUT2D eigenvalue weighted by molar-refractivity contribution is 5.83. The fourth-order valence-electron chi connectivity index (χ4n) is 1.26. The molecule has 0 amide bonds. The lowest BCUT2D eigenvalue weighted by atomic mass is 9.91. The lowest BCUT2D eigenvalue weighted by Gasteiger charge is -2.20. The predicted molar refractivity (Wildman–Crippen MR) is 64.6 cm³/mol. The third kappa shape index (κ3) is 4.39. The van der Waals surface area contributed by atoms with E-state index in [0.29, 0.717) is 18.8 Å². The molecule has 0 bridgehead atoms. The Morgan fingerprint density at radius 2 is 2.17 bits per heavy atom. The van der Waals surface area contributed by atoms with E-state index in [-0.39, 0.29) is 25.2 Å². The largest absolute Gasteiger partial charge is 0.494 e. The Morgan fingerprint density at radius 1 is 1.44 bits per heavy atom. The molecule has 0 unspecified atom stereocenters. The molecular formula is C13H20O5. The summed E-state index contributed by atoms with van der Waals surface area (Å²) in [7, 11) is 0. The van der Waals surface area contributed by atoms with Crippen LogP contribution in [0.3, 0.4) is 0 Å². The van der Waals surface area contributed by atoms with E-state index in [1.54, 1.807) is 0 Å². The minimum Gasteiger partial charge on any atom is -0.494 e. The maximum Gasteiger partial charge on any atom is 0.334 e. The summed E-state index contributed by atoms with van der Waals surface area (Å²) >= 11 is 0. The zero-order valence-corrected chi connectivity index (χ0v) is 11.2. The molecule has 0 spiro atoms. The lowest BCUT2D eigenvalue weighted by molar-refractivity contribution is -0.155. The van der Waals surface area contributed by atoms with Crippen LogP contribution in [-0.2, 0) is 23.8 Å². The van der Waals surface area contributed by atoms with Crippen LogP contribution in [0.2, 0.25) is 0 Å². The summed E-state index contributed by atoms with van der Waals surface area (Å²) in [6, 6.07) is 0. The molecule has 5 heteroatoms. The van der Waals surface area contributed by atoms with E-state index < -0.39 is 5.41 Å². The van der Waals surface area contributed by atoms with E-state index in [1.165, 1.54) is 6.08 Å². The van der Waals surface area contributed by atoms with Crippen molar-refractivity contribution in [2.24, 2.45) is 5.41 Å². The van der Waals surface area contributed by atoms with Gasteiger partial charge in [0.1, 0.15) is 19.0 Å². The predicted octanol–water partition coefficient (Wildman–Crippen LogP) is 1.81. The Hall–Kier alpha value is -1.52. The molecule has 0 saturated carbocycles. The molecule has 102 valence electrons. The number of hydrogen-bond donors (Lipinski definition) is 0. The van der Waals surface area contributed by atoms with Gasteiger partial charge in [-0.05, 0) is 20.3 Å². The Bertz CT molecular complexity index is 343. The van der Waals surface area contributed by atoms with Gasteiger partial charge in [-0.3, -0.25) is 4.79 Å². The third-order valence-electron chi connectivity index (χ3n) is 2.91. The summed E-state index contributed by atoms with van der Waals surface area (Å²) in [6.45, 7) is 6.41. The third-order valence-corrected chi connectivity index (χ3v) is 2.91. The molecule has 18 heavy (non-hydrogen) atoms. The van der Waals surface area contributed by atoms with Crippen LogP contribution >= 0.6 is 0 Å². The molecule has 1 heterocycles. The SMILES string of the molecule is CCC(C)(C)C(=O)OCCOC1=CC(=O)OCC1. The number of rotatable bonds is 6. The summed E-state index contributed by atoms with van der Waals surface area (Å²) in [6.07, 6.45) is 2.62. The second-order valence-corrected chi connectivity index (χ2v) is 4.75. The summed E-state index contributed by atoms with van der Waals surface area (Å²) < 4.78 is 15.2. The first-order valence-corrected chi connectivity index (χ1v) is 6.13. The van der Waals surface area contributed by atoms with E-state index >= 15 is 0 Å². The van der Waals surface area contributed by atoms with Crippen LogP contribution in [0.4, 0.5) is 0 Å². The molecule has 0 N–H and O–H groups in total. The van der Waals surface area contributed by atoms with Crippen molar-refractivity contribution >= 4 is 11.9 Å². The molecule has 0 aromatic heterocycles. The van der Waals surface area contributed by atoms with Crippen LogP contribution in [-0.4, -0.2) is 31.8 Å². The molecule has 5 nitrogen and oxygen atoms in total. The lowest BCUT2D eigenvalue weighted by Crippen LogP contribution is -2.27. The normalized spacial score (nSPS) is 15.7. The van der Waals surface area contributed by atoms with E-state index in [9.17, 15) is 9.59 Å². The van der Waals surface area contributed by atoms with E-state index in [2.05, 4.69) is 0 Å². The van der Waals surface area contributed by atoms with Crippen LogP contribution in [0.1, 0.15) is 33.6 Å². The molecule has 0 atom stereocenters. The van der Waals surface area contributed by atoms with Crippen molar-refractivity contribution in [3.63, 3.8) is 0 Å². The van der Waals surface area contributed by atoms with Crippen LogP contribution < -0.4 is 0 Å². The van der Waals surface area contributed by atoms with Gasteiger partial charge in [-0.2, -0.15) is 0 Å². The maximum absolute atomic E-state index is 11.6. The van der Waals surface area contributed by atoms with Gasteiger partial charge in [0.05, 0.1) is 18.1 Å². The average Bonchev–Trinajstić information content (AvgIpc) is 2.34. The molecular weight excluding hydrogens is 236 g/mol. The first-order chi connectivity index (χ1) is 8.45. The molecule has 0 aromatic carbocycles. The summed E-state index contributed by atoms with van der Waals surface area (Å²) in [5, 5.41) is 0. The van der Waals surface area contributed by atoms with Gasteiger partial charge < -0.3 is 14.2 Å². The number of cyclic esters (lactones) is 1. The number of carbonyl (C=O) groups is 2. The first-order valence-electron chi connectivity index (χ1n) is 6.13. The molecule has 1 aliphatic rings. The van der Waals surface area contributed by atoms with Gasteiger partial charge >= 0.3 is 11.9 Å². The molecule has 0 radical (unpaired) electrons. The highest BCUT2D eigenvalue weighted by Gasteiger charge is 2.26. The molecule has 1 rings (SSSR count). The monoisotopic (exact) mass is 256 g/mol. The molecule has 0 fully saturated rings. The topological polar surface area (TPSA) is 61.8 Å². The van der Waals surface area contributed by atoms with Gasteiger partial charge in [-0.25, -0.2) is 4.79 Å². The number of ether oxygens (including phenoxy) is 3. The van der Waals surface area contributed by atoms with Gasteiger partial charge in [0, 0.05) is 6.42 Å². The van der Waals surface area contributed by atoms with Gasteiger partial charge in [-0.1, -0.05) is 6.92 Å². The van der Waals surface area contributed by atoms with Crippen molar-refractivity contribution in [1.82, 2.24) is 0 Å². The second-order valence-electron chi connectivity index (χ2n) is 4.75. The van der Waals surface area contributed by atoms with E-state index in [1.807, 2.05) is 20.8 Å². The Labute approximate surface area is 107 Å². The van der Waals surface area contributed by atoms with Crippen molar-refractivity contribution < 1.29 is 23.8 Å². The van der Waals surface area contributed by atoms with Crippen molar-refractivity contribution in [2.75, 3.05) is 19.8 Å². The highest BCUT2D eigenvalue weighted by atomic mass is 16.6. The average molecular weight is 256 g/mol. The van der Waals surface area contributed by atoms with Gasteiger partial charge in [0.25, 0.3) is 0 Å². The minimum atomic E-state index is -0.464. The summed E-state index contributed by atoms with van der Waals surface area (Å²) in [5.74, 6) is -0.0388. The zero-order valence-electron chi connectivity index (χ0n) is 11.2. The zero-order chi connectivity index (χ0) is 13.6. The van der Waals surface area contributed by atoms with Gasteiger partial charge in [0.2, 0.25) is 0 Å². The van der Waals surface area contributed by atoms with E-state index in [4.69, 9.17) is 14.2 Å². The number of carbonyl (C=O) groups excluding carboxylic acids is 2. The quantitative estimate of drug-likeness (QED) is 0.536.